The van der Waals surface area contributed by atoms with Gasteiger partial charge in [-0.1, -0.05) is 0 Å². The third-order valence-electron chi connectivity index (χ3n) is 4.99. The van der Waals surface area contributed by atoms with Crippen LogP contribution in [0.4, 0.5) is 0 Å². The minimum atomic E-state index is -1.20. The number of carboxylic acid groups (broad SMARTS) is 1. The van der Waals surface area contributed by atoms with Crippen molar-refractivity contribution >= 4 is 23.7 Å². The van der Waals surface area contributed by atoms with Gasteiger partial charge in [-0.15, -0.1) is 0 Å². The number of rotatable bonds is 7. The summed E-state index contributed by atoms with van der Waals surface area (Å²) in [6.45, 7) is 3.87. The lowest BCUT2D eigenvalue weighted by Crippen LogP contribution is -2.59. The van der Waals surface area contributed by atoms with E-state index in [1.165, 1.54) is 18.7 Å². The smallest absolute Gasteiger partial charge is 0.326 e. The molecule has 2 heterocycles. The summed E-state index contributed by atoms with van der Waals surface area (Å²) in [4.78, 5) is 49.7. The van der Waals surface area contributed by atoms with Gasteiger partial charge in [0.1, 0.15) is 18.1 Å². The number of nitrogens with one attached hydrogen (secondary N) is 3. The van der Waals surface area contributed by atoms with Crippen LogP contribution in [0.5, 0.6) is 0 Å². The first-order valence-corrected chi connectivity index (χ1v) is 9.28. The highest BCUT2D eigenvalue weighted by Gasteiger charge is 2.37. The third-order valence-corrected chi connectivity index (χ3v) is 4.99. The summed E-state index contributed by atoms with van der Waals surface area (Å²) >= 11 is 0. The van der Waals surface area contributed by atoms with Crippen molar-refractivity contribution in [3.63, 3.8) is 0 Å². The molecule has 10 nitrogen and oxygen atoms in total. The first kappa shape index (κ1) is 21.1. The van der Waals surface area contributed by atoms with Gasteiger partial charge in [0.2, 0.25) is 17.7 Å². The molecule has 2 aliphatic rings. The number of aliphatic hydroxyl groups is 1. The van der Waals surface area contributed by atoms with Crippen molar-refractivity contribution in [1.29, 1.82) is 0 Å². The number of hydrogen-bond donors (Lipinski definition) is 5. The zero-order valence-corrected chi connectivity index (χ0v) is 15.6. The monoisotopic (exact) mass is 384 g/mol. The SMILES string of the molecule is CC(NC(=O)C(NC(=O)C1CCCN1)C(C)O)C(=O)N1CCCC1C(=O)O. The van der Waals surface area contributed by atoms with Gasteiger partial charge in [-0.2, -0.15) is 0 Å². The Morgan fingerprint density at radius 2 is 1.81 bits per heavy atom. The number of amides is 3. The quantitative estimate of drug-likeness (QED) is 0.347. The lowest BCUT2D eigenvalue weighted by molar-refractivity contribution is -0.149. The Bertz CT molecular complexity index is 590. The van der Waals surface area contributed by atoms with Crippen molar-refractivity contribution in [2.75, 3.05) is 13.1 Å². The van der Waals surface area contributed by atoms with Crippen molar-refractivity contribution < 1.29 is 29.4 Å². The van der Waals surface area contributed by atoms with Crippen LogP contribution in [0.25, 0.3) is 0 Å². The average Bonchev–Trinajstić information content (AvgIpc) is 3.29. The van der Waals surface area contributed by atoms with Gasteiger partial charge in [0.05, 0.1) is 12.1 Å². The number of carbonyl (C=O) groups is 4. The van der Waals surface area contributed by atoms with E-state index < -0.39 is 48.1 Å². The van der Waals surface area contributed by atoms with Crippen molar-refractivity contribution in [2.45, 2.75) is 69.8 Å². The molecule has 0 aromatic carbocycles. The highest BCUT2D eigenvalue weighted by Crippen LogP contribution is 2.18. The van der Waals surface area contributed by atoms with E-state index in [-0.39, 0.29) is 5.91 Å². The van der Waals surface area contributed by atoms with Crippen molar-refractivity contribution in [3.05, 3.63) is 0 Å². The molecule has 10 heteroatoms. The van der Waals surface area contributed by atoms with Crippen LogP contribution in [0.15, 0.2) is 0 Å². The maximum atomic E-state index is 12.5. The zero-order valence-electron chi connectivity index (χ0n) is 15.6. The normalized spacial score (nSPS) is 25.5. The molecule has 2 rings (SSSR count). The predicted molar refractivity (Wildman–Crippen MR) is 94.6 cm³/mol. The van der Waals surface area contributed by atoms with Crippen LogP contribution in [-0.4, -0.2) is 82.2 Å². The number of nitrogens with zero attached hydrogens (tertiary/aromatic N) is 1. The van der Waals surface area contributed by atoms with Crippen molar-refractivity contribution in [2.24, 2.45) is 0 Å². The van der Waals surface area contributed by atoms with E-state index in [0.717, 1.165) is 13.0 Å². The van der Waals surface area contributed by atoms with Crippen molar-refractivity contribution in [3.8, 4) is 0 Å². The van der Waals surface area contributed by atoms with Gasteiger partial charge in [0.15, 0.2) is 0 Å². The molecule has 0 radical (unpaired) electrons. The molecule has 27 heavy (non-hydrogen) atoms. The Labute approximate surface area is 157 Å². The summed E-state index contributed by atoms with van der Waals surface area (Å²) in [5.41, 5.74) is 0. The van der Waals surface area contributed by atoms with Gasteiger partial charge >= 0.3 is 5.97 Å². The number of carboxylic acids is 1. The Kier molecular flexibility index (Phi) is 7.14. The molecule has 0 aliphatic carbocycles. The summed E-state index contributed by atoms with van der Waals surface area (Å²) in [5, 5.41) is 27.1. The van der Waals surface area contributed by atoms with Crippen LogP contribution >= 0.6 is 0 Å². The summed E-state index contributed by atoms with van der Waals surface area (Å²) in [6.07, 6.45) is 1.32. The van der Waals surface area contributed by atoms with Crippen LogP contribution < -0.4 is 16.0 Å². The fraction of sp³-hybridized carbons (Fsp3) is 0.765. The standard InChI is InChI=1S/C17H28N4O6/c1-9(16(25)21-8-4-6-12(21)17(26)27)19-15(24)13(10(2)22)20-14(23)11-5-3-7-18-11/h9-13,18,22H,3-8H2,1-2H3,(H,19,24)(H,20,23)(H,26,27). The molecule has 0 saturated carbocycles. The summed E-state index contributed by atoms with van der Waals surface area (Å²) < 4.78 is 0. The predicted octanol–water partition coefficient (Wildman–Crippen LogP) is -1.82. The lowest BCUT2D eigenvalue weighted by Gasteiger charge is -2.28. The van der Waals surface area contributed by atoms with Gasteiger partial charge in [0, 0.05) is 6.54 Å². The zero-order chi connectivity index (χ0) is 20.1. The van der Waals surface area contributed by atoms with E-state index >= 15 is 0 Å². The number of carbonyl (C=O) groups excluding carboxylic acids is 3. The minimum Gasteiger partial charge on any atom is -0.480 e. The van der Waals surface area contributed by atoms with E-state index in [9.17, 15) is 29.4 Å². The Balaban J connectivity index is 1.96. The van der Waals surface area contributed by atoms with Gasteiger partial charge in [-0.25, -0.2) is 4.79 Å². The number of aliphatic carboxylic acids is 1. The second-order valence-electron chi connectivity index (χ2n) is 7.13. The Morgan fingerprint density at radius 3 is 2.37 bits per heavy atom. The lowest BCUT2D eigenvalue weighted by atomic mass is 10.1. The molecule has 5 unspecified atom stereocenters. The summed E-state index contributed by atoms with van der Waals surface area (Å²) in [7, 11) is 0. The van der Waals surface area contributed by atoms with Crippen LogP contribution in [0.3, 0.4) is 0 Å². The minimum absolute atomic E-state index is 0.319. The topological polar surface area (TPSA) is 148 Å². The molecule has 2 fully saturated rings. The highest BCUT2D eigenvalue weighted by molar-refractivity contribution is 5.94. The third kappa shape index (κ3) is 5.16. The van der Waals surface area contributed by atoms with Crippen LogP contribution in [0.1, 0.15) is 39.5 Å². The Morgan fingerprint density at radius 1 is 1.11 bits per heavy atom. The van der Waals surface area contributed by atoms with E-state index in [4.69, 9.17) is 0 Å². The molecule has 3 amide bonds. The summed E-state index contributed by atoms with van der Waals surface area (Å²) in [5.74, 6) is -2.64. The molecule has 0 aromatic rings. The van der Waals surface area contributed by atoms with Crippen LogP contribution in [0.2, 0.25) is 0 Å². The molecule has 0 aromatic heterocycles. The largest absolute Gasteiger partial charge is 0.480 e. The van der Waals surface area contributed by atoms with Gasteiger partial charge in [0.25, 0.3) is 0 Å². The van der Waals surface area contributed by atoms with E-state index in [2.05, 4.69) is 16.0 Å². The van der Waals surface area contributed by atoms with E-state index in [0.29, 0.717) is 25.8 Å². The molecule has 2 saturated heterocycles. The second-order valence-corrected chi connectivity index (χ2v) is 7.13. The van der Waals surface area contributed by atoms with E-state index in [1.807, 2.05) is 0 Å². The molecule has 5 N–H and O–H groups in total. The first-order chi connectivity index (χ1) is 12.7. The molecular formula is C17H28N4O6. The molecule has 0 spiro atoms. The fourth-order valence-corrected chi connectivity index (χ4v) is 3.47. The van der Waals surface area contributed by atoms with Gasteiger partial charge in [-0.3, -0.25) is 14.4 Å². The summed E-state index contributed by atoms with van der Waals surface area (Å²) in [6, 6.07) is -3.47. The number of likely N-dealkylation sites (tertiary alicyclic amines) is 1. The van der Waals surface area contributed by atoms with Crippen molar-refractivity contribution in [1.82, 2.24) is 20.9 Å². The average molecular weight is 384 g/mol. The highest BCUT2D eigenvalue weighted by atomic mass is 16.4. The maximum absolute atomic E-state index is 12.5. The van der Waals surface area contributed by atoms with Crippen LogP contribution in [0, 0.1) is 0 Å². The van der Waals surface area contributed by atoms with Gasteiger partial charge < -0.3 is 31.1 Å². The van der Waals surface area contributed by atoms with E-state index in [1.54, 1.807) is 0 Å². The first-order valence-electron chi connectivity index (χ1n) is 9.28. The maximum Gasteiger partial charge on any atom is 0.326 e. The number of hydrogen-bond acceptors (Lipinski definition) is 6. The van der Waals surface area contributed by atoms with Gasteiger partial charge in [-0.05, 0) is 46.1 Å². The fourth-order valence-electron chi connectivity index (χ4n) is 3.47. The Hall–Kier alpha value is -2.20. The molecule has 2 aliphatic heterocycles. The molecular weight excluding hydrogens is 356 g/mol. The molecule has 152 valence electrons. The van der Waals surface area contributed by atoms with Crippen LogP contribution in [-0.2, 0) is 19.2 Å². The molecule has 0 bridgehead atoms. The second kappa shape index (κ2) is 9.14. The molecule has 5 atom stereocenters. The number of aliphatic hydroxyl groups excluding tert-OH is 1.